The summed E-state index contributed by atoms with van der Waals surface area (Å²) in [5.41, 5.74) is 2.11. The summed E-state index contributed by atoms with van der Waals surface area (Å²) in [5, 5.41) is 11.5. The van der Waals surface area contributed by atoms with Gasteiger partial charge in [0.25, 0.3) is 5.91 Å². The Labute approximate surface area is 121 Å². The maximum Gasteiger partial charge on any atom is 0.328 e. The number of furan rings is 1. The molecule has 5 nitrogen and oxygen atoms in total. The molecule has 2 N–H and O–H groups in total. The van der Waals surface area contributed by atoms with Crippen LogP contribution in [0.1, 0.15) is 34.5 Å². The summed E-state index contributed by atoms with van der Waals surface area (Å²) >= 11 is 0. The molecule has 0 aliphatic heterocycles. The van der Waals surface area contributed by atoms with E-state index in [0.29, 0.717) is 5.56 Å². The number of aliphatic carboxylic acids is 1. The van der Waals surface area contributed by atoms with Crippen molar-refractivity contribution in [3.05, 3.63) is 65.6 Å². The smallest absolute Gasteiger partial charge is 0.328 e. The Morgan fingerprint density at radius 1 is 1.33 bits per heavy atom. The number of benzene rings is 1. The predicted molar refractivity (Wildman–Crippen MR) is 77.7 cm³/mol. The molecule has 0 saturated carbocycles. The molecule has 0 saturated heterocycles. The van der Waals surface area contributed by atoms with Crippen LogP contribution in [0.4, 0.5) is 0 Å². The first-order valence-corrected chi connectivity index (χ1v) is 6.40. The van der Waals surface area contributed by atoms with Crippen molar-refractivity contribution in [2.45, 2.75) is 13.0 Å². The molecule has 2 rings (SSSR count). The lowest BCUT2D eigenvalue weighted by atomic mass is 10.0. The van der Waals surface area contributed by atoms with Crippen molar-refractivity contribution >= 4 is 18.0 Å². The van der Waals surface area contributed by atoms with Gasteiger partial charge in [0.2, 0.25) is 0 Å². The van der Waals surface area contributed by atoms with E-state index in [4.69, 9.17) is 9.52 Å². The Morgan fingerprint density at radius 2 is 2.14 bits per heavy atom. The van der Waals surface area contributed by atoms with Gasteiger partial charge in [0.05, 0.1) is 17.9 Å². The number of nitrogens with one attached hydrogen (secondary N) is 1. The second-order valence-corrected chi connectivity index (χ2v) is 4.55. The Morgan fingerprint density at radius 3 is 2.81 bits per heavy atom. The molecule has 0 radical (unpaired) electrons. The molecule has 1 aromatic heterocycles. The monoisotopic (exact) mass is 285 g/mol. The molecule has 0 aliphatic carbocycles. The topological polar surface area (TPSA) is 79.5 Å². The largest absolute Gasteiger partial charge is 0.478 e. The van der Waals surface area contributed by atoms with Gasteiger partial charge in [-0.25, -0.2) is 4.79 Å². The highest BCUT2D eigenvalue weighted by Crippen LogP contribution is 2.16. The second-order valence-electron chi connectivity index (χ2n) is 4.55. The zero-order chi connectivity index (χ0) is 15.2. The number of carboxylic acids is 1. The molecule has 1 amide bonds. The summed E-state index contributed by atoms with van der Waals surface area (Å²) in [4.78, 5) is 22.4. The Balaban J connectivity index is 2.08. The van der Waals surface area contributed by atoms with Crippen LogP contribution in [0.15, 0.2) is 53.4 Å². The Hall–Kier alpha value is -2.82. The van der Waals surface area contributed by atoms with Crippen LogP contribution >= 0.6 is 0 Å². The molecule has 0 spiro atoms. The number of rotatable bonds is 5. The average molecular weight is 285 g/mol. The maximum atomic E-state index is 11.9. The van der Waals surface area contributed by atoms with Crippen LogP contribution in [-0.4, -0.2) is 17.0 Å². The lowest BCUT2D eigenvalue weighted by Crippen LogP contribution is -2.26. The highest BCUT2D eigenvalue weighted by Gasteiger charge is 2.12. The van der Waals surface area contributed by atoms with Crippen LogP contribution in [-0.2, 0) is 4.79 Å². The normalized spacial score (nSPS) is 12.2. The van der Waals surface area contributed by atoms with Crippen molar-refractivity contribution in [3.8, 4) is 0 Å². The van der Waals surface area contributed by atoms with Crippen molar-refractivity contribution in [3.63, 3.8) is 0 Å². The van der Waals surface area contributed by atoms with E-state index < -0.39 is 5.97 Å². The summed E-state index contributed by atoms with van der Waals surface area (Å²) in [6.07, 6.45) is 5.41. The fourth-order valence-electron chi connectivity index (χ4n) is 1.86. The van der Waals surface area contributed by atoms with Gasteiger partial charge in [-0.15, -0.1) is 0 Å². The molecule has 0 bridgehead atoms. The van der Waals surface area contributed by atoms with E-state index in [1.807, 2.05) is 25.1 Å². The Bertz CT molecular complexity index is 659. The van der Waals surface area contributed by atoms with Gasteiger partial charge in [-0.2, -0.15) is 0 Å². The average Bonchev–Trinajstić information content (AvgIpc) is 2.99. The number of hydrogen-bond acceptors (Lipinski definition) is 3. The van der Waals surface area contributed by atoms with E-state index in [9.17, 15) is 9.59 Å². The molecular weight excluding hydrogens is 270 g/mol. The van der Waals surface area contributed by atoms with Crippen molar-refractivity contribution in [2.75, 3.05) is 0 Å². The molecule has 5 heteroatoms. The molecule has 1 unspecified atom stereocenters. The summed E-state index contributed by atoms with van der Waals surface area (Å²) in [5.74, 6) is -1.22. The molecule has 0 fully saturated rings. The highest BCUT2D eigenvalue weighted by atomic mass is 16.4. The van der Waals surface area contributed by atoms with Crippen LogP contribution in [0.25, 0.3) is 6.08 Å². The molecule has 0 aliphatic rings. The molecular formula is C16H15NO4. The van der Waals surface area contributed by atoms with Crippen molar-refractivity contribution in [2.24, 2.45) is 0 Å². The van der Waals surface area contributed by atoms with E-state index >= 15 is 0 Å². The van der Waals surface area contributed by atoms with Crippen LogP contribution in [0, 0.1) is 0 Å². The number of carboxylic acid groups (broad SMARTS) is 1. The van der Waals surface area contributed by atoms with Gasteiger partial charge in [0.15, 0.2) is 0 Å². The van der Waals surface area contributed by atoms with Gasteiger partial charge >= 0.3 is 5.97 Å². The van der Waals surface area contributed by atoms with Crippen molar-refractivity contribution in [1.29, 1.82) is 0 Å². The van der Waals surface area contributed by atoms with Crippen LogP contribution in [0.5, 0.6) is 0 Å². The zero-order valence-electron chi connectivity index (χ0n) is 11.4. The first-order chi connectivity index (χ1) is 10.1. The molecule has 1 atom stereocenters. The zero-order valence-corrected chi connectivity index (χ0v) is 11.4. The van der Waals surface area contributed by atoms with Gasteiger partial charge in [-0.3, -0.25) is 4.79 Å². The number of carbonyl (C=O) groups excluding carboxylic acids is 1. The predicted octanol–water partition coefficient (Wildman–Crippen LogP) is 2.87. The minimum absolute atomic E-state index is 0.203. The van der Waals surface area contributed by atoms with E-state index in [-0.39, 0.29) is 11.9 Å². The minimum atomic E-state index is -0.998. The van der Waals surface area contributed by atoms with Crippen LogP contribution < -0.4 is 5.32 Å². The van der Waals surface area contributed by atoms with Crippen molar-refractivity contribution in [1.82, 2.24) is 5.32 Å². The second kappa shape index (κ2) is 6.56. The van der Waals surface area contributed by atoms with Gasteiger partial charge in [0, 0.05) is 6.08 Å². The van der Waals surface area contributed by atoms with E-state index in [2.05, 4.69) is 5.32 Å². The van der Waals surface area contributed by atoms with Gasteiger partial charge in [-0.1, -0.05) is 18.2 Å². The molecule has 21 heavy (non-hydrogen) atoms. The number of amides is 1. The first-order valence-electron chi connectivity index (χ1n) is 6.40. The third kappa shape index (κ3) is 4.07. The SMILES string of the molecule is CC(NC(=O)c1ccoc1)c1cccc(C=CC(=O)O)c1. The highest BCUT2D eigenvalue weighted by molar-refractivity contribution is 5.94. The maximum absolute atomic E-state index is 11.9. The molecule has 1 aromatic carbocycles. The lowest BCUT2D eigenvalue weighted by molar-refractivity contribution is -0.131. The summed E-state index contributed by atoms with van der Waals surface area (Å²) < 4.78 is 4.87. The van der Waals surface area contributed by atoms with Crippen LogP contribution in [0.3, 0.4) is 0 Å². The lowest BCUT2D eigenvalue weighted by Gasteiger charge is -2.14. The van der Waals surface area contributed by atoms with E-state index in [0.717, 1.165) is 17.2 Å². The summed E-state index contributed by atoms with van der Waals surface area (Å²) in [7, 11) is 0. The third-order valence-electron chi connectivity index (χ3n) is 2.96. The summed E-state index contributed by atoms with van der Waals surface area (Å²) in [6, 6.07) is 8.71. The standard InChI is InChI=1S/C16H15NO4/c1-11(17-16(20)14-7-8-21-10-14)13-4-2-3-12(9-13)5-6-15(18)19/h2-11H,1H3,(H,17,20)(H,18,19). The van der Waals surface area contributed by atoms with Gasteiger partial charge in [-0.05, 0) is 36.3 Å². The van der Waals surface area contributed by atoms with E-state index in [1.54, 1.807) is 12.1 Å². The fraction of sp³-hybridized carbons (Fsp3) is 0.125. The van der Waals surface area contributed by atoms with E-state index in [1.165, 1.54) is 18.6 Å². The number of carbonyl (C=O) groups is 2. The van der Waals surface area contributed by atoms with Crippen LogP contribution in [0.2, 0.25) is 0 Å². The molecule has 2 aromatic rings. The quantitative estimate of drug-likeness (QED) is 0.828. The summed E-state index contributed by atoms with van der Waals surface area (Å²) in [6.45, 7) is 1.86. The fourth-order valence-corrected chi connectivity index (χ4v) is 1.86. The first kappa shape index (κ1) is 14.6. The number of hydrogen-bond donors (Lipinski definition) is 2. The minimum Gasteiger partial charge on any atom is -0.478 e. The third-order valence-corrected chi connectivity index (χ3v) is 2.96. The van der Waals surface area contributed by atoms with Gasteiger partial charge in [0.1, 0.15) is 6.26 Å². The van der Waals surface area contributed by atoms with Gasteiger partial charge < -0.3 is 14.8 Å². The van der Waals surface area contributed by atoms with Crippen molar-refractivity contribution < 1.29 is 19.1 Å². The Kier molecular flexibility index (Phi) is 4.56. The molecule has 1 heterocycles. The molecule has 108 valence electrons.